The predicted octanol–water partition coefficient (Wildman–Crippen LogP) is 7.36. The Morgan fingerprint density at radius 3 is 1.93 bits per heavy atom. The SMILES string of the molecule is Cc1ccc(N(CC(=O)N(Cc2ccc(Cl)cc2)[C@H](Cc2ccccc2)C(=O)NC(C)(C)C)S(=O)(=O)c2ccc(Cl)cc2)cc1C. The number of benzene rings is 4. The van der Waals surface area contributed by atoms with Crippen LogP contribution in [-0.2, 0) is 32.6 Å². The van der Waals surface area contributed by atoms with Gasteiger partial charge in [0.25, 0.3) is 10.0 Å². The summed E-state index contributed by atoms with van der Waals surface area (Å²) in [5, 5.41) is 3.95. The van der Waals surface area contributed by atoms with E-state index in [9.17, 15) is 18.0 Å². The quantitative estimate of drug-likeness (QED) is 0.179. The van der Waals surface area contributed by atoms with Gasteiger partial charge in [-0.05, 0) is 105 Å². The number of carbonyl (C=O) groups is 2. The molecule has 0 spiro atoms. The Labute approximate surface area is 282 Å². The van der Waals surface area contributed by atoms with Crippen molar-refractivity contribution in [2.75, 3.05) is 10.8 Å². The number of nitrogens with one attached hydrogen (secondary N) is 1. The van der Waals surface area contributed by atoms with Crippen molar-refractivity contribution < 1.29 is 18.0 Å². The highest BCUT2D eigenvalue weighted by Crippen LogP contribution is 2.28. The molecule has 0 radical (unpaired) electrons. The fourth-order valence-electron chi connectivity index (χ4n) is 4.94. The second-order valence-electron chi connectivity index (χ2n) is 12.3. The van der Waals surface area contributed by atoms with Gasteiger partial charge < -0.3 is 10.2 Å². The number of carbonyl (C=O) groups excluding carboxylic acids is 2. The highest BCUT2D eigenvalue weighted by Gasteiger charge is 2.35. The first-order chi connectivity index (χ1) is 21.6. The zero-order chi connectivity index (χ0) is 33.6. The predicted molar refractivity (Wildman–Crippen MR) is 186 cm³/mol. The van der Waals surface area contributed by atoms with Gasteiger partial charge in [-0.1, -0.05) is 71.7 Å². The molecule has 0 aliphatic heterocycles. The number of halogens is 2. The number of hydrogen-bond donors (Lipinski definition) is 1. The summed E-state index contributed by atoms with van der Waals surface area (Å²) in [6.07, 6.45) is 0.218. The van der Waals surface area contributed by atoms with Gasteiger partial charge in [0, 0.05) is 28.5 Å². The second-order valence-corrected chi connectivity index (χ2v) is 15.1. The number of amides is 2. The standard InChI is InChI=1S/C36H39Cl2N3O4S/c1-25-11-18-31(21-26(25)2)41(46(44,45)32-19-16-30(38)17-20-32)24-34(42)40(23-28-12-14-29(37)15-13-28)33(35(43)39-36(3,4)5)22-27-9-7-6-8-10-27/h6-21,33H,22-24H2,1-5H3,(H,39,43)/t33-/m1/s1. The molecule has 4 rings (SSSR count). The van der Waals surface area contributed by atoms with Crippen LogP contribution in [-0.4, -0.2) is 43.3 Å². The first-order valence-corrected chi connectivity index (χ1v) is 17.1. The molecule has 10 heteroatoms. The third-order valence-corrected chi connectivity index (χ3v) is 9.79. The maximum Gasteiger partial charge on any atom is 0.264 e. The smallest absolute Gasteiger partial charge is 0.264 e. The Morgan fingerprint density at radius 1 is 0.783 bits per heavy atom. The fourth-order valence-corrected chi connectivity index (χ4v) is 6.59. The van der Waals surface area contributed by atoms with Gasteiger partial charge in [-0.15, -0.1) is 0 Å². The molecule has 0 aliphatic carbocycles. The third kappa shape index (κ3) is 9.12. The molecule has 0 heterocycles. The van der Waals surface area contributed by atoms with Gasteiger partial charge in [0.15, 0.2) is 0 Å². The molecule has 46 heavy (non-hydrogen) atoms. The van der Waals surface area contributed by atoms with Crippen molar-refractivity contribution in [2.24, 2.45) is 0 Å². The van der Waals surface area contributed by atoms with E-state index in [1.165, 1.54) is 29.2 Å². The van der Waals surface area contributed by atoms with E-state index in [2.05, 4.69) is 5.32 Å². The van der Waals surface area contributed by atoms with Crippen molar-refractivity contribution in [1.82, 2.24) is 10.2 Å². The fraction of sp³-hybridized carbons (Fsp3) is 0.278. The Hall–Kier alpha value is -3.85. The number of sulfonamides is 1. The van der Waals surface area contributed by atoms with Gasteiger partial charge in [-0.2, -0.15) is 0 Å². The second kappa shape index (κ2) is 14.7. The summed E-state index contributed by atoms with van der Waals surface area (Å²) in [6.45, 7) is 8.93. The lowest BCUT2D eigenvalue weighted by atomic mass is 10.0. The van der Waals surface area contributed by atoms with Crippen LogP contribution in [0, 0.1) is 13.8 Å². The lowest BCUT2D eigenvalue weighted by Gasteiger charge is -2.35. The van der Waals surface area contributed by atoms with Crippen LogP contribution < -0.4 is 9.62 Å². The molecule has 1 N–H and O–H groups in total. The number of rotatable bonds is 11. The zero-order valence-corrected chi connectivity index (χ0v) is 29.0. The molecule has 242 valence electrons. The van der Waals surface area contributed by atoms with Crippen molar-refractivity contribution in [1.29, 1.82) is 0 Å². The van der Waals surface area contributed by atoms with Gasteiger partial charge in [-0.3, -0.25) is 13.9 Å². The first-order valence-electron chi connectivity index (χ1n) is 14.9. The molecular formula is C36H39Cl2N3O4S. The molecule has 0 bridgehead atoms. The van der Waals surface area contributed by atoms with Gasteiger partial charge in [0.05, 0.1) is 10.6 Å². The largest absolute Gasteiger partial charge is 0.350 e. The molecule has 0 fully saturated rings. The van der Waals surface area contributed by atoms with Crippen LogP contribution in [0.2, 0.25) is 10.0 Å². The van der Waals surface area contributed by atoms with Crippen LogP contribution in [0.3, 0.4) is 0 Å². The van der Waals surface area contributed by atoms with E-state index in [1.807, 2.05) is 71.0 Å². The van der Waals surface area contributed by atoms with Crippen molar-refractivity contribution in [3.8, 4) is 0 Å². The first kappa shape index (κ1) is 35.0. The third-order valence-electron chi connectivity index (χ3n) is 7.49. The monoisotopic (exact) mass is 679 g/mol. The molecule has 2 amide bonds. The van der Waals surface area contributed by atoms with Gasteiger partial charge in [0.1, 0.15) is 12.6 Å². The lowest BCUT2D eigenvalue weighted by Crippen LogP contribution is -2.56. The van der Waals surface area contributed by atoms with E-state index in [-0.39, 0.29) is 23.8 Å². The van der Waals surface area contributed by atoms with Gasteiger partial charge >= 0.3 is 0 Å². The zero-order valence-electron chi connectivity index (χ0n) is 26.6. The van der Waals surface area contributed by atoms with Crippen LogP contribution in [0.15, 0.2) is 102 Å². The Bertz CT molecular complexity index is 1770. The topological polar surface area (TPSA) is 86.8 Å². The van der Waals surface area contributed by atoms with Crippen LogP contribution >= 0.6 is 23.2 Å². The number of aryl methyl sites for hydroxylation is 2. The van der Waals surface area contributed by atoms with Crippen LogP contribution in [0.25, 0.3) is 0 Å². The van der Waals surface area contributed by atoms with E-state index in [0.29, 0.717) is 15.7 Å². The molecule has 1 atom stereocenters. The van der Waals surface area contributed by atoms with Crippen molar-refractivity contribution in [3.63, 3.8) is 0 Å². The van der Waals surface area contributed by atoms with E-state index in [4.69, 9.17) is 23.2 Å². The van der Waals surface area contributed by atoms with Gasteiger partial charge in [0.2, 0.25) is 11.8 Å². The number of anilines is 1. The lowest BCUT2D eigenvalue weighted by molar-refractivity contribution is -0.140. The summed E-state index contributed by atoms with van der Waals surface area (Å²) >= 11 is 12.2. The molecule has 0 saturated heterocycles. The maximum absolute atomic E-state index is 14.6. The number of hydrogen-bond acceptors (Lipinski definition) is 4. The van der Waals surface area contributed by atoms with Crippen molar-refractivity contribution in [3.05, 3.63) is 129 Å². The Kier molecular flexibility index (Phi) is 11.2. The Balaban J connectivity index is 1.83. The van der Waals surface area contributed by atoms with Crippen molar-refractivity contribution >= 4 is 50.7 Å². The minimum atomic E-state index is -4.23. The number of nitrogens with zero attached hydrogens (tertiary/aromatic N) is 2. The Morgan fingerprint density at radius 2 is 1.37 bits per heavy atom. The highest BCUT2D eigenvalue weighted by molar-refractivity contribution is 7.92. The molecule has 4 aromatic carbocycles. The van der Waals surface area contributed by atoms with E-state index in [1.54, 1.807) is 36.4 Å². The highest BCUT2D eigenvalue weighted by atomic mass is 35.5. The average Bonchev–Trinajstić information content (AvgIpc) is 2.99. The van der Waals surface area contributed by atoms with Crippen LogP contribution in [0.1, 0.15) is 43.0 Å². The molecule has 7 nitrogen and oxygen atoms in total. The molecule has 0 unspecified atom stereocenters. The minimum absolute atomic E-state index is 0.0153. The van der Waals surface area contributed by atoms with Crippen molar-refractivity contribution in [2.45, 2.75) is 64.1 Å². The summed E-state index contributed by atoms with van der Waals surface area (Å²) in [7, 11) is -4.23. The maximum atomic E-state index is 14.6. The van der Waals surface area contributed by atoms with Gasteiger partial charge in [-0.25, -0.2) is 8.42 Å². The molecule has 4 aromatic rings. The summed E-state index contributed by atoms with van der Waals surface area (Å²) < 4.78 is 29.5. The van der Waals surface area contributed by atoms with E-state index >= 15 is 0 Å². The minimum Gasteiger partial charge on any atom is -0.350 e. The normalized spacial score (nSPS) is 12.3. The average molecular weight is 681 g/mol. The molecular weight excluding hydrogens is 641 g/mol. The summed E-state index contributed by atoms with van der Waals surface area (Å²) in [4.78, 5) is 30.0. The summed E-state index contributed by atoms with van der Waals surface area (Å²) in [5.74, 6) is -0.896. The van der Waals surface area contributed by atoms with E-state index < -0.39 is 34.1 Å². The van der Waals surface area contributed by atoms with Crippen LogP contribution in [0.5, 0.6) is 0 Å². The summed E-state index contributed by atoms with van der Waals surface area (Å²) in [5.41, 5.74) is 3.18. The molecule has 0 aliphatic rings. The molecule has 0 aromatic heterocycles. The molecule has 0 saturated carbocycles. The van der Waals surface area contributed by atoms with Crippen LogP contribution in [0.4, 0.5) is 5.69 Å². The van der Waals surface area contributed by atoms with E-state index in [0.717, 1.165) is 26.6 Å². The summed E-state index contributed by atoms with van der Waals surface area (Å²) in [6, 6.07) is 26.5.